The summed E-state index contributed by atoms with van der Waals surface area (Å²) in [7, 11) is 0. The molecule has 0 atom stereocenters. The Labute approximate surface area is 216 Å². The van der Waals surface area contributed by atoms with Gasteiger partial charge in [-0.25, -0.2) is 14.0 Å². The lowest BCUT2D eigenvalue weighted by Gasteiger charge is -2.10. The average molecular weight is 514 g/mol. The molecule has 38 heavy (non-hydrogen) atoms. The van der Waals surface area contributed by atoms with E-state index in [0.29, 0.717) is 23.6 Å². The first kappa shape index (κ1) is 24.8. The summed E-state index contributed by atoms with van der Waals surface area (Å²) in [5.41, 5.74) is 2.75. The molecule has 0 aliphatic rings. The summed E-state index contributed by atoms with van der Waals surface area (Å²) >= 11 is 0. The Morgan fingerprint density at radius 3 is 2.63 bits per heavy atom. The van der Waals surface area contributed by atoms with Crippen molar-refractivity contribution in [2.75, 3.05) is 0 Å². The Morgan fingerprint density at radius 1 is 1.11 bits per heavy atom. The first-order valence-corrected chi connectivity index (χ1v) is 12.1. The number of aromatic carboxylic acids is 1. The van der Waals surface area contributed by atoms with Gasteiger partial charge in [0.2, 0.25) is 5.82 Å². The zero-order valence-corrected chi connectivity index (χ0v) is 20.5. The van der Waals surface area contributed by atoms with E-state index < -0.39 is 17.5 Å². The molecule has 0 spiro atoms. The second-order valence-corrected chi connectivity index (χ2v) is 8.74. The van der Waals surface area contributed by atoms with Crippen LogP contribution in [-0.2, 0) is 13.0 Å². The molecule has 0 bridgehead atoms. The summed E-state index contributed by atoms with van der Waals surface area (Å²) in [6.45, 7) is 2.28. The summed E-state index contributed by atoms with van der Waals surface area (Å²) < 4.78 is 17.4. The number of aromatic amines is 1. The third-order valence-electron chi connectivity index (χ3n) is 6.27. The normalized spacial score (nSPS) is 11.1. The maximum Gasteiger partial charge on any atom is 0.337 e. The Bertz CT molecular complexity index is 1640. The summed E-state index contributed by atoms with van der Waals surface area (Å²) in [6, 6.07) is 15.0. The number of imidazole rings is 1. The van der Waals surface area contributed by atoms with Crippen molar-refractivity contribution in [1.82, 2.24) is 34.7 Å². The monoisotopic (exact) mass is 513 g/mol. The molecule has 0 unspecified atom stereocenters. The van der Waals surface area contributed by atoms with Crippen molar-refractivity contribution in [2.45, 2.75) is 32.7 Å². The van der Waals surface area contributed by atoms with Gasteiger partial charge in [-0.1, -0.05) is 43.7 Å². The molecule has 0 saturated heterocycles. The van der Waals surface area contributed by atoms with Crippen molar-refractivity contribution in [3.05, 3.63) is 100 Å². The number of nitrogens with one attached hydrogen (secondary N) is 1. The number of benzene rings is 2. The lowest BCUT2D eigenvalue weighted by atomic mass is 10.0. The SMILES string of the molecule is CCCCc1cn(-c2c(F)cccc2C(=O)O)c(=O)n1Cc1ccc(-c2ncccc2-c2nn[nH]n2)cc1. The number of aromatic nitrogens is 7. The molecule has 0 saturated carbocycles. The van der Waals surface area contributed by atoms with Gasteiger partial charge in [0, 0.05) is 29.2 Å². The lowest BCUT2D eigenvalue weighted by molar-refractivity contribution is 0.0696. The number of aryl methyl sites for hydroxylation is 1. The molecule has 0 amide bonds. The molecule has 3 heterocycles. The number of carboxylic acids is 1. The van der Waals surface area contributed by atoms with Crippen LogP contribution in [-0.4, -0.2) is 45.8 Å². The van der Waals surface area contributed by atoms with Crippen LogP contribution in [0.3, 0.4) is 0 Å². The molecule has 5 rings (SSSR count). The van der Waals surface area contributed by atoms with E-state index in [1.54, 1.807) is 23.0 Å². The van der Waals surface area contributed by atoms with Crippen molar-refractivity contribution >= 4 is 5.97 Å². The summed E-state index contributed by atoms with van der Waals surface area (Å²) in [5.74, 6) is -1.65. The molecular weight excluding hydrogens is 489 g/mol. The number of para-hydroxylation sites is 1. The summed E-state index contributed by atoms with van der Waals surface area (Å²) in [5, 5.41) is 23.8. The molecule has 11 heteroatoms. The van der Waals surface area contributed by atoms with Crippen molar-refractivity contribution in [2.24, 2.45) is 0 Å². The van der Waals surface area contributed by atoms with Crippen molar-refractivity contribution in [3.63, 3.8) is 0 Å². The number of tetrazole rings is 1. The Morgan fingerprint density at radius 2 is 1.92 bits per heavy atom. The lowest BCUT2D eigenvalue weighted by Crippen LogP contribution is -2.26. The van der Waals surface area contributed by atoms with E-state index in [-0.39, 0.29) is 17.8 Å². The van der Waals surface area contributed by atoms with Crippen LogP contribution >= 0.6 is 0 Å². The van der Waals surface area contributed by atoms with Crippen molar-refractivity contribution < 1.29 is 14.3 Å². The smallest absolute Gasteiger partial charge is 0.337 e. The second kappa shape index (κ2) is 10.6. The van der Waals surface area contributed by atoms with Gasteiger partial charge in [0.05, 0.1) is 17.8 Å². The highest BCUT2D eigenvalue weighted by Crippen LogP contribution is 2.28. The highest BCUT2D eigenvalue weighted by Gasteiger charge is 2.21. The van der Waals surface area contributed by atoms with Gasteiger partial charge in [-0.05, 0) is 47.9 Å². The minimum atomic E-state index is -1.31. The first-order chi connectivity index (χ1) is 18.5. The number of carboxylic acid groups (broad SMARTS) is 1. The largest absolute Gasteiger partial charge is 0.478 e. The van der Waals surface area contributed by atoms with E-state index in [4.69, 9.17) is 0 Å². The zero-order valence-electron chi connectivity index (χ0n) is 20.5. The van der Waals surface area contributed by atoms with Gasteiger partial charge in [-0.15, -0.1) is 10.2 Å². The van der Waals surface area contributed by atoms with Crippen LogP contribution in [0, 0.1) is 5.82 Å². The third-order valence-corrected chi connectivity index (χ3v) is 6.27. The fourth-order valence-corrected chi connectivity index (χ4v) is 4.39. The first-order valence-electron chi connectivity index (χ1n) is 12.1. The molecule has 0 aliphatic heterocycles. The van der Waals surface area contributed by atoms with Gasteiger partial charge < -0.3 is 5.11 Å². The molecular formula is C27H24FN7O3. The standard InChI is InChI=1S/C27H24FN7O3/c1-2-3-6-19-16-35(24-21(26(36)37)7-4-9-22(24)28)27(38)34(19)15-17-10-12-18(13-11-17)23-20(8-5-14-29-23)25-30-32-33-31-25/h4-5,7-14,16H,2-3,6,15H2,1H3,(H,36,37)(H,30,31,32,33). The Kier molecular flexibility index (Phi) is 6.90. The molecule has 10 nitrogen and oxygen atoms in total. The van der Waals surface area contributed by atoms with E-state index in [0.717, 1.165) is 40.2 Å². The predicted octanol–water partition coefficient (Wildman–Crippen LogP) is 4.11. The summed E-state index contributed by atoms with van der Waals surface area (Å²) in [6.07, 6.45) is 5.55. The van der Waals surface area contributed by atoms with Crippen LogP contribution in [0.25, 0.3) is 28.3 Å². The Balaban J connectivity index is 1.51. The van der Waals surface area contributed by atoms with E-state index >= 15 is 0 Å². The quantitative estimate of drug-likeness (QED) is 0.303. The third kappa shape index (κ3) is 4.73. The van der Waals surface area contributed by atoms with Crippen LogP contribution in [0.2, 0.25) is 0 Å². The van der Waals surface area contributed by atoms with Crippen LogP contribution in [0.15, 0.2) is 71.8 Å². The van der Waals surface area contributed by atoms with Gasteiger partial charge in [-0.3, -0.25) is 14.1 Å². The van der Waals surface area contributed by atoms with Crippen molar-refractivity contribution in [1.29, 1.82) is 0 Å². The maximum atomic E-state index is 14.8. The van der Waals surface area contributed by atoms with Crippen molar-refractivity contribution in [3.8, 4) is 28.3 Å². The number of unbranched alkanes of at least 4 members (excludes halogenated alkanes) is 1. The van der Waals surface area contributed by atoms with Crippen LogP contribution in [0.1, 0.15) is 41.4 Å². The molecule has 2 N–H and O–H groups in total. The Hall–Kier alpha value is -4.93. The molecule has 192 valence electrons. The number of hydrogen-bond donors (Lipinski definition) is 2. The fourth-order valence-electron chi connectivity index (χ4n) is 4.39. The van der Waals surface area contributed by atoms with Gasteiger partial charge >= 0.3 is 11.7 Å². The second-order valence-electron chi connectivity index (χ2n) is 8.74. The van der Waals surface area contributed by atoms with Gasteiger partial charge in [0.1, 0.15) is 11.5 Å². The highest BCUT2D eigenvalue weighted by molar-refractivity contribution is 5.92. The number of rotatable bonds is 9. The average Bonchev–Trinajstić information content (AvgIpc) is 3.57. The topological polar surface area (TPSA) is 132 Å². The molecule has 0 aliphatic carbocycles. The maximum absolute atomic E-state index is 14.8. The van der Waals surface area contributed by atoms with Gasteiger partial charge in [0.25, 0.3) is 0 Å². The molecule has 0 radical (unpaired) electrons. The minimum Gasteiger partial charge on any atom is -0.478 e. The van der Waals surface area contributed by atoms with E-state index in [2.05, 4.69) is 25.6 Å². The van der Waals surface area contributed by atoms with Crippen LogP contribution < -0.4 is 5.69 Å². The predicted molar refractivity (Wildman–Crippen MR) is 138 cm³/mol. The number of hydrogen-bond acceptors (Lipinski definition) is 6. The van der Waals surface area contributed by atoms with E-state index in [9.17, 15) is 19.1 Å². The molecule has 0 fully saturated rings. The molecule has 5 aromatic rings. The summed E-state index contributed by atoms with van der Waals surface area (Å²) in [4.78, 5) is 29.7. The number of nitrogens with zero attached hydrogens (tertiary/aromatic N) is 6. The molecule has 3 aromatic heterocycles. The number of pyridine rings is 1. The van der Waals surface area contributed by atoms with Gasteiger partial charge in [-0.2, -0.15) is 5.21 Å². The van der Waals surface area contributed by atoms with Crippen LogP contribution in [0.5, 0.6) is 0 Å². The fraction of sp³-hybridized carbons (Fsp3) is 0.185. The zero-order chi connectivity index (χ0) is 26.6. The minimum absolute atomic E-state index is 0.238. The van der Waals surface area contributed by atoms with E-state index in [1.165, 1.54) is 12.1 Å². The van der Waals surface area contributed by atoms with Crippen LogP contribution in [0.4, 0.5) is 4.39 Å². The molecule has 2 aromatic carbocycles. The number of carbonyl (C=O) groups is 1. The van der Waals surface area contributed by atoms with Gasteiger partial charge in [0.15, 0.2) is 0 Å². The van der Waals surface area contributed by atoms with E-state index in [1.807, 2.05) is 37.3 Å². The highest BCUT2D eigenvalue weighted by atomic mass is 19.1. The number of halogens is 1. The number of H-pyrrole nitrogens is 1.